The summed E-state index contributed by atoms with van der Waals surface area (Å²) in [5.74, 6) is -0.890. The monoisotopic (exact) mass is 949 g/mol. The number of rotatable bonds is 46. The summed E-state index contributed by atoms with van der Waals surface area (Å²) in [6.07, 6.45) is 40.7. The quantitative estimate of drug-likeness (QED) is 0.0456. The average Bonchev–Trinajstić information content (AvgIpc) is 3.29. The van der Waals surface area contributed by atoms with Gasteiger partial charge < -0.3 is 29.6 Å². The molecule has 1 saturated carbocycles. The molecule has 0 aromatic rings. The van der Waals surface area contributed by atoms with E-state index in [4.69, 9.17) is 18.9 Å². The molecule has 0 bridgehead atoms. The lowest BCUT2D eigenvalue weighted by atomic mass is 9.90. The zero-order valence-corrected chi connectivity index (χ0v) is 45.0. The van der Waals surface area contributed by atoms with Gasteiger partial charge in [0.15, 0.2) is 0 Å². The van der Waals surface area contributed by atoms with Crippen LogP contribution >= 0.6 is 0 Å². The first kappa shape index (κ1) is 62.8. The summed E-state index contributed by atoms with van der Waals surface area (Å²) in [5.41, 5.74) is -0.655. The Balaban J connectivity index is 2.48. The minimum absolute atomic E-state index is 0.0651. The lowest BCUT2D eigenvalue weighted by molar-refractivity contribution is -0.173. The van der Waals surface area contributed by atoms with Gasteiger partial charge >= 0.3 is 11.9 Å². The minimum atomic E-state index is -0.609. The van der Waals surface area contributed by atoms with Gasteiger partial charge in [-0.05, 0) is 66.2 Å². The van der Waals surface area contributed by atoms with Gasteiger partial charge in [-0.15, -0.1) is 0 Å². The number of hydrogen-bond donors (Lipinski definition) is 2. The molecule has 0 aromatic carbocycles. The van der Waals surface area contributed by atoms with Crippen molar-refractivity contribution < 1.29 is 38.1 Å². The summed E-state index contributed by atoms with van der Waals surface area (Å²) in [6.45, 7) is 13.6. The van der Waals surface area contributed by atoms with Crippen molar-refractivity contribution in [1.82, 2.24) is 10.6 Å². The molecule has 10 nitrogen and oxygen atoms in total. The second kappa shape index (κ2) is 41.6. The Hall–Kier alpha value is -2.20. The molecule has 2 N–H and O–H groups in total. The van der Waals surface area contributed by atoms with Crippen LogP contribution in [-0.4, -0.2) is 73.5 Å². The van der Waals surface area contributed by atoms with Crippen molar-refractivity contribution in [3.8, 4) is 0 Å². The van der Waals surface area contributed by atoms with Crippen molar-refractivity contribution in [3.05, 3.63) is 0 Å². The normalized spacial score (nSPS) is 16.5. The molecule has 1 aliphatic rings. The molecule has 0 heterocycles. The highest BCUT2D eigenvalue weighted by molar-refractivity contribution is 5.83. The molecule has 0 aromatic heterocycles. The third-order valence-corrected chi connectivity index (χ3v) is 14.0. The average molecular weight is 949 g/mol. The predicted molar refractivity (Wildman–Crippen MR) is 277 cm³/mol. The fraction of sp³-hybridized carbons (Fsp3) is 0.930. The van der Waals surface area contributed by atoms with Crippen molar-refractivity contribution in [2.75, 3.05) is 20.3 Å². The number of ether oxygens (including phenoxy) is 4. The zero-order chi connectivity index (χ0) is 49.3. The maximum Gasteiger partial charge on any atom is 0.306 e. The molecule has 1 rings (SSSR count). The third kappa shape index (κ3) is 38.3. The molecule has 67 heavy (non-hydrogen) atoms. The number of methoxy groups -OCH3 is 1. The van der Waals surface area contributed by atoms with Crippen LogP contribution in [0.25, 0.3) is 0 Å². The molecule has 1 fully saturated rings. The van der Waals surface area contributed by atoms with Crippen molar-refractivity contribution in [2.45, 2.75) is 321 Å². The first-order valence-corrected chi connectivity index (χ1v) is 28.4. The molecule has 0 aliphatic heterocycles. The van der Waals surface area contributed by atoms with Gasteiger partial charge in [-0.25, -0.2) is 0 Å². The highest BCUT2D eigenvalue weighted by Crippen LogP contribution is 2.27. The molecule has 0 spiro atoms. The SMILES string of the molecule is CCCCCCCCCCCCCCCCCC(=O)OC1CCC(NC(=O)CCC(=O)NCCC(C)(C)OCCC(C)(C)OC)CC1OC(=O)CCCCCCCCCCCCCCCCC. The molecule has 3 unspecified atom stereocenters. The second-order valence-corrected chi connectivity index (χ2v) is 21.5. The summed E-state index contributed by atoms with van der Waals surface area (Å²) in [4.78, 5) is 51.9. The van der Waals surface area contributed by atoms with Gasteiger partial charge in [-0.2, -0.15) is 0 Å². The van der Waals surface area contributed by atoms with E-state index in [0.29, 0.717) is 51.7 Å². The fourth-order valence-electron chi connectivity index (χ4n) is 9.09. The molecular formula is C57H108N2O8. The minimum Gasteiger partial charge on any atom is -0.458 e. The van der Waals surface area contributed by atoms with Crippen LogP contribution in [0.3, 0.4) is 0 Å². The van der Waals surface area contributed by atoms with E-state index >= 15 is 0 Å². The summed E-state index contributed by atoms with van der Waals surface area (Å²) in [5, 5.41) is 6.00. The fourth-order valence-corrected chi connectivity index (χ4v) is 9.09. The highest BCUT2D eigenvalue weighted by Gasteiger charge is 2.36. The van der Waals surface area contributed by atoms with Crippen molar-refractivity contribution in [3.63, 3.8) is 0 Å². The number of unbranched alkanes of at least 4 members (excludes halogenated alkanes) is 28. The maximum absolute atomic E-state index is 13.2. The topological polar surface area (TPSA) is 129 Å². The van der Waals surface area contributed by atoms with E-state index in [1.807, 2.05) is 27.7 Å². The molecular weight excluding hydrogens is 841 g/mol. The second-order valence-electron chi connectivity index (χ2n) is 21.5. The van der Waals surface area contributed by atoms with Crippen LogP contribution in [0, 0.1) is 0 Å². The van der Waals surface area contributed by atoms with Crippen LogP contribution in [0.2, 0.25) is 0 Å². The largest absolute Gasteiger partial charge is 0.458 e. The smallest absolute Gasteiger partial charge is 0.306 e. The van der Waals surface area contributed by atoms with Crippen molar-refractivity contribution in [2.24, 2.45) is 0 Å². The molecule has 0 radical (unpaired) electrons. The summed E-state index contributed by atoms with van der Waals surface area (Å²) < 4.78 is 23.6. The number of carbonyl (C=O) groups is 4. The van der Waals surface area contributed by atoms with Gasteiger partial charge in [0.25, 0.3) is 0 Å². The van der Waals surface area contributed by atoms with Crippen LogP contribution in [0.5, 0.6) is 0 Å². The standard InChI is InChI=1S/C57H108N2O8/c1-8-10-12-14-16-18-20-22-24-26-28-30-32-34-36-38-54(62)66-50-41-40-49(59-53(61)43-42-52(60)58-46-44-57(5,6)65-47-45-56(3,4)64-7)48-51(50)67-55(63)39-37-35-33-31-29-27-25-23-21-19-17-15-13-11-9-2/h49-51H,8-48H2,1-7H3,(H,58,60)(H,59,61). The Kier molecular flexibility index (Phi) is 39.0. The Bertz CT molecular complexity index is 1220. The van der Waals surface area contributed by atoms with Gasteiger partial charge in [0, 0.05) is 51.8 Å². The lowest BCUT2D eigenvalue weighted by Crippen LogP contribution is -2.48. The number of esters is 2. The van der Waals surface area contributed by atoms with E-state index in [0.717, 1.165) is 44.9 Å². The first-order valence-electron chi connectivity index (χ1n) is 28.4. The van der Waals surface area contributed by atoms with Crippen LogP contribution in [-0.2, 0) is 38.1 Å². The van der Waals surface area contributed by atoms with Crippen LogP contribution < -0.4 is 10.6 Å². The summed E-state index contributed by atoms with van der Waals surface area (Å²) >= 11 is 0. The Morgan fingerprint density at radius 1 is 0.463 bits per heavy atom. The molecule has 2 amide bonds. The summed E-state index contributed by atoms with van der Waals surface area (Å²) in [6, 6.07) is -0.231. The zero-order valence-electron chi connectivity index (χ0n) is 45.0. The van der Waals surface area contributed by atoms with Crippen molar-refractivity contribution in [1.29, 1.82) is 0 Å². The first-order chi connectivity index (χ1) is 32.3. The summed E-state index contributed by atoms with van der Waals surface area (Å²) in [7, 11) is 1.70. The van der Waals surface area contributed by atoms with E-state index < -0.39 is 17.8 Å². The van der Waals surface area contributed by atoms with Gasteiger partial charge in [0.1, 0.15) is 12.2 Å². The number of hydrogen-bond acceptors (Lipinski definition) is 8. The Morgan fingerprint density at radius 2 is 0.851 bits per heavy atom. The van der Waals surface area contributed by atoms with Gasteiger partial charge in [-0.1, -0.05) is 194 Å². The molecule has 1 aliphatic carbocycles. The van der Waals surface area contributed by atoms with E-state index in [9.17, 15) is 19.2 Å². The molecule has 3 atom stereocenters. The van der Waals surface area contributed by atoms with E-state index in [-0.39, 0.29) is 48.2 Å². The molecule has 10 heteroatoms. The van der Waals surface area contributed by atoms with E-state index in [2.05, 4.69) is 24.5 Å². The molecule has 0 saturated heterocycles. The van der Waals surface area contributed by atoms with Crippen LogP contribution in [0.1, 0.15) is 292 Å². The Labute approximate surface area is 412 Å². The Morgan fingerprint density at radius 3 is 1.27 bits per heavy atom. The van der Waals surface area contributed by atoms with Crippen LogP contribution in [0.4, 0.5) is 0 Å². The molecule has 394 valence electrons. The third-order valence-electron chi connectivity index (χ3n) is 14.0. The number of nitrogens with one attached hydrogen (secondary N) is 2. The number of carbonyl (C=O) groups excluding carboxylic acids is 4. The van der Waals surface area contributed by atoms with E-state index in [1.165, 1.54) is 154 Å². The van der Waals surface area contributed by atoms with Crippen molar-refractivity contribution >= 4 is 23.8 Å². The van der Waals surface area contributed by atoms with E-state index in [1.54, 1.807) is 7.11 Å². The highest BCUT2D eigenvalue weighted by atomic mass is 16.6. The number of amides is 2. The lowest BCUT2D eigenvalue weighted by Gasteiger charge is -2.35. The predicted octanol–water partition coefficient (Wildman–Crippen LogP) is 14.9. The maximum atomic E-state index is 13.2. The van der Waals surface area contributed by atoms with Gasteiger partial charge in [-0.3, -0.25) is 19.2 Å². The van der Waals surface area contributed by atoms with Gasteiger partial charge in [0.2, 0.25) is 11.8 Å². The van der Waals surface area contributed by atoms with Crippen LogP contribution in [0.15, 0.2) is 0 Å². The van der Waals surface area contributed by atoms with Gasteiger partial charge in [0.05, 0.1) is 17.8 Å².